The van der Waals surface area contributed by atoms with Crippen molar-refractivity contribution in [1.82, 2.24) is 15.0 Å². The number of hydrogen-bond donors (Lipinski definition) is 1. The molecule has 0 aliphatic rings. The van der Waals surface area contributed by atoms with Crippen molar-refractivity contribution in [3.05, 3.63) is 24.5 Å². The molecule has 4 heteroatoms. The Bertz CT molecular complexity index is 284. The minimum absolute atomic E-state index is 0.648. The van der Waals surface area contributed by atoms with Gasteiger partial charge in [-0.1, -0.05) is 17.9 Å². The average Bonchev–Trinajstić information content (AvgIpc) is 2.50. The Morgan fingerprint density at radius 3 is 3.09 bits per heavy atom. The Labute approximate surface area is 65.0 Å². The van der Waals surface area contributed by atoms with Crippen LogP contribution >= 0.6 is 0 Å². The largest absolute Gasteiger partial charge is 0.397 e. The molecule has 1 aromatic heterocycles. The lowest BCUT2D eigenvalue weighted by atomic mass is 10.3. The zero-order valence-corrected chi connectivity index (χ0v) is 6.36. The summed E-state index contributed by atoms with van der Waals surface area (Å²) in [4.78, 5) is 0. The Morgan fingerprint density at radius 2 is 2.55 bits per heavy atom. The molecule has 1 aromatic rings. The van der Waals surface area contributed by atoms with Crippen molar-refractivity contribution in [2.75, 3.05) is 0 Å². The van der Waals surface area contributed by atoms with E-state index in [2.05, 4.69) is 16.9 Å². The molecule has 0 aromatic carbocycles. The molecular weight excluding hydrogens is 140 g/mol. The van der Waals surface area contributed by atoms with Crippen molar-refractivity contribution in [3.8, 4) is 0 Å². The first kappa shape index (κ1) is 7.53. The van der Waals surface area contributed by atoms with Crippen LogP contribution in [0.1, 0.15) is 12.6 Å². The normalized spacial score (nSPS) is 11.5. The van der Waals surface area contributed by atoms with Crippen LogP contribution < -0.4 is 5.73 Å². The molecule has 4 nitrogen and oxygen atoms in total. The molecule has 0 bridgehead atoms. The van der Waals surface area contributed by atoms with Gasteiger partial charge in [0.15, 0.2) is 0 Å². The monoisotopic (exact) mass is 150 g/mol. The van der Waals surface area contributed by atoms with Gasteiger partial charge in [-0.05, 0) is 6.92 Å². The van der Waals surface area contributed by atoms with E-state index in [1.807, 2.05) is 6.92 Å². The maximum absolute atomic E-state index is 5.63. The van der Waals surface area contributed by atoms with Crippen LogP contribution in [0.4, 0.5) is 0 Å². The Hall–Kier alpha value is -1.58. The zero-order chi connectivity index (χ0) is 8.27. The molecule has 58 valence electrons. The van der Waals surface area contributed by atoms with Crippen molar-refractivity contribution in [1.29, 1.82) is 0 Å². The molecule has 11 heavy (non-hydrogen) atoms. The van der Waals surface area contributed by atoms with E-state index >= 15 is 0 Å². The predicted molar refractivity (Wildman–Crippen MR) is 44.2 cm³/mol. The van der Waals surface area contributed by atoms with E-state index in [9.17, 15) is 0 Å². The topological polar surface area (TPSA) is 56.7 Å². The molecule has 0 atom stereocenters. The van der Waals surface area contributed by atoms with E-state index in [0.29, 0.717) is 5.70 Å². The van der Waals surface area contributed by atoms with Crippen LogP contribution in [0.2, 0.25) is 0 Å². The SMILES string of the molecule is C=Cn1nncc1/C(N)=C\C. The number of nitrogens with zero attached hydrogens (tertiary/aromatic N) is 3. The van der Waals surface area contributed by atoms with E-state index in [1.54, 1.807) is 18.5 Å². The number of aromatic nitrogens is 3. The highest BCUT2D eigenvalue weighted by atomic mass is 15.4. The Kier molecular flexibility index (Phi) is 2.06. The summed E-state index contributed by atoms with van der Waals surface area (Å²) in [6, 6.07) is 0. The van der Waals surface area contributed by atoms with Crippen molar-refractivity contribution in [2.45, 2.75) is 6.92 Å². The third-order valence-electron chi connectivity index (χ3n) is 1.35. The first-order valence-corrected chi connectivity index (χ1v) is 3.24. The molecule has 0 saturated carbocycles. The summed E-state index contributed by atoms with van der Waals surface area (Å²) in [5.41, 5.74) is 7.04. The lowest BCUT2D eigenvalue weighted by Gasteiger charge is -1.98. The summed E-state index contributed by atoms with van der Waals surface area (Å²) in [6.07, 6.45) is 4.94. The Morgan fingerprint density at radius 1 is 1.82 bits per heavy atom. The summed E-state index contributed by atoms with van der Waals surface area (Å²) >= 11 is 0. The van der Waals surface area contributed by atoms with Crippen LogP contribution in [0, 0.1) is 0 Å². The lowest BCUT2D eigenvalue weighted by molar-refractivity contribution is 0.834. The van der Waals surface area contributed by atoms with Crippen molar-refractivity contribution < 1.29 is 0 Å². The first-order chi connectivity index (χ1) is 5.29. The summed E-state index contributed by atoms with van der Waals surface area (Å²) in [6.45, 7) is 5.42. The Balaban J connectivity index is 3.12. The molecule has 0 unspecified atom stereocenters. The van der Waals surface area contributed by atoms with Gasteiger partial charge in [-0.3, -0.25) is 0 Å². The van der Waals surface area contributed by atoms with E-state index in [0.717, 1.165) is 5.69 Å². The zero-order valence-electron chi connectivity index (χ0n) is 6.36. The van der Waals surface area contributed by atoms with E-state index in [1.165, 1.54) is 4.68 Å². The maximum Gasteiger partial charge on any atom is 0.109 e. The lowest BCUT2D eigenvalue weighted by Crippen LogP contribution is -2.02. The van der Waals surface area contributed by atoms with Crippen LogP contribution in [0.5, 0.6) is 0 Å². The molecule has 0 fully saturated rings. The second kappa shape index (κ2) is 3.01. The van der Waals surface area contributed by atoms with Crippen LogP contribution in [0.3, 0.4) is 0 Å². The predicted octanol–water partition coefficient (Wildman–Crippen LogP) is 0.698. The van der Waals surface area contributed by atoms with Crippen LogP contribution in [-0.2, 0) is 0 Å². The molecule has 0 amide bonds. The van der Waals surface area contributed by atoms with Gasteiger partial charge < -0.3 is 5.73 Å². The molecule has 1 rings (SSSR count). The second-order valence-electron chi connectivity index (χ2n) is 1.99. The van der Waals surface area contributed by atoms with Gasteiger partial charge in [0, 0.05) is 6.20 Å². The summed E-state index contributed by atoms with van der Waals surface area (Å²) in [5.74, 6) is 0. The van der Waals surface area contributed by atoms with Gasteiger partial charge in [0.2, 0.25) is 0 Å². The summed E-state index contributed by atoms with van der Waals surface area (Å²) < 4.78 is 1.52. The third kappa shape index (κ3) is 1.29. The van der Waals surface area contributed by atoms with E-state index in [-0.39, 0.29) is 0 Å². The minimum Gasteiger partial charge on any atom is -0.397 e. The quantitative estimate of drug-likeness (QED) is 0.675. The van der Waals surface area contributed by atoms with E-state index < -0.39 is 0 Å². The molecule has 0 aliphatic carbocycles. The molecule has 0 radical (unpaired) electrons. The first-order valence-electron chi connectivity index (χ1n) is 3.24. The number of allylic oxidation sites excluding steroid dienone is 1. The smallest absolute Gasteiger partial charge is 0.109 e. The van der Waals surface area contributed by atoms with Crippen molar-refractivity contribution >= 4 is 11.9 Å². The molecule has 0 spiro atoms. The van der Waals surface area contributed by atoms with Crippen molar-refractivity contribution in [3.63, 3.8) is 0 Å². The average molecular weight is 150 g/mol. The highest BCUT2D eigenvalue weighted by Crippen LogP contribution is 2.05. The van der Waals surface area contributed by atoms with Gasteiger partial charge in [-0.15, -0.1) is 5.10 Å². The van der Waals surface area contributed by atoms with E-state index in [4.69, 9.17) is 5.73 Å². The molecule has 1 heterocycles. The number of hydrogen-bond acceptors (Lipinski definition) is 3. The van der Waals surface area contributed by atoms with Gasteiger partial charge in [0.25, 0.3) is 0 Å². The van der Waals surface area contributed by atoms with Crippen LogP contribution in [-0.4, -0.2) is 15.0 Å². The fraction of sp³-hybridized carbons (Fsp3) is 0.143. The molecule has 2 N–H and O–H groups in total. The maximum atomic E-state index is 5.63. The number of nitrogens with two attached hydrogens (primary N) is 1. The molecule has 0 saturated heterocycles. The van der Waals surface area contributed by atoms with Crippen LogP contribution in [0.15, 0.2) is 18.9 Å². The minimum atomic E-state index is 0.648. The van der Waals surface area contributed by atoms with Gasteiger partial charge in [-0.2, -0.15) is 0 Å². The highest BCUT2D eigenvalue weighted by molar-refractivity contribution is 5.59. The fourth-order valence-corrected chi connectivity index (χ4v) is 0.733. The van der Waals surface area contributed by atoms with Gasteiger partial charge in [0.1, 0.15) is 5.69 Å². The number of rotatable bonds is 2. The van der Waals surface area contributed by atoms with Crippen molar-refractivity contribution in [2.24, 2.45) is 5.73 Å². The van der Waals surface area contributed by atoms with Gasteiger partial charge in [-0.25, -0.2) is 4.68 Å². The molecule has 0 aliphatic heterocycles. The van der Waals surface area contributed by atoms with Crippen LogP contribution in [0.25, 0.3) is 11.9 Å². The second-order valence-corrected chi connectivity index (χ2v) is 1.99. The van der Waals surface area contributed by atoms with Gasteiger partial charge >= 0.3 is 0 Å². The fourth-order valence-electron chi connectivity index (χ4n) is 0.733. The third-order valence-corrected chi connectivity index (χ3v) is 1.35. The summed E-state index contributed by atoms with van der Waals surface area (Å²) in [5, 5.41) is 7.41. The van der Waals surface area contributed by atoms with Gasteiger partial charge in [0.05, 0.1) is 11.9 Å². The standard InChI is InChI=1S/C7H10N4/c1-3-6(8)7-5-9-10-11(7)4-2/h3-5H,2,8H2,1H3/b6-3+. The summed E-state index contributed by atoms with van der Waals surface area (Å²) in [7, 11) is 0. The highest BCUT2D eigenvalue weighted by Gasteiger charge is 2.01. The molecular formula is C7H10N4.